The second-order valence-corrected chi connectivity index (χ2v) is 6.76. The maximum Gasteiger partial charge on any atom is 0.264 e. The molecule has 0 bridgehead atoms. The Labute approximate surface area is 138 Å². The molecule has 2 N–H and O–H groups in total. The van der Waals surface area contributed by atoms with Crippen LogP contribution in [0.2, 0.25) is 5.02 Å². The highest BCUT2D eigenvalue weighted by Crippen LogP contribution is 2.34. The average Bonchev–Trinajstić information content (AvgIpc) is 2.90. The lowest BCUT2D eigenvalue weighted by Gasteiger charge is -2.29. The van der Waals surface area contributed by atoms with E-state index in [0.717, 1.165) is 36.6 Å². The molecule has 0 aliphatic heterocycles. The summed E-state index contributed by atoms with van der Waals surface area (Å²) in [6.45, 7) is 1.76. The molecule has 0 spiro atoms. The van der Waals surface area contributed by atoms with Gasteiger partial charge in [0.25, 0.3) is 5.56 Å². The van der Waals surface area contributed by atoms with Gasteiger partial charge in [-0.05, 0) is 44.7 Å². The molecule has 0 unspecified atom stereocenters. The summed E-state index contributed by atoms with van der Waals surface area (Å²) in [7, 11) is 0. The van der Waals surface area contributed by atoms with Crippen molar-refractivity contribution >= 4 is 33.4 Å². The molecule has 1 fully saturated rings. The van der Waals surface area contributed by atoms with E-state index in [1.807, 2.05) is 22.8 Å². The Balaban J connectivity index is 2.12. The van der Waals surface area contributed by atoms with Crippen LogP contribution >= 0.6 is 11.6 Å². The van der Waals surface area contributed by atoms with Gasteiger partial charge in [-0.25, -0.2) is 0 Å². The van der Waals surface area contributed by atoms with Gasteiger partial charge in [0.1, 0.15) is 16.7 Å². The lowest BCUT2D eigenvalue weighted by atomic mass is 9.91. The van der Waals surface area contributed by atoms with Crippen LogP contribution in [0.4, 0.5) is 0 Å². The summed E-state index contributed by atoms with van der Waals surface area (Å²) >= 11 is 6.42. The highest BCUT2D eigenvalue weighted by molar-refractivity contribution is 6.37. The monoisotopic (exact) mass is 331 g/mol. The Morgan fingerprint density at radius 2 is 2.17 bits per heavy atom. The highest BCUT2D eigenvalue weighted by atomic mass is 35.5. The van der Waals surface area contributed by atoms with Crippen LogP contribution in [0.25, 0.3) is 21.8 Å². The Kier molecular flexibility index (Phi) is 3.43. The van der Waals surface area contributed by atoms with Crippen molar-refractivity contribution < 1.29 is 4.52 Å². The molecule has 1 aliphatic carbocycles. The van der Waals surface area contributed by atoms with E-state index in [4.69, 9.17) is 21.9 Å². The lowest BCUT2D eigenvalue weighted by molar-refractivity contribution is 0.321. The van der Waals surface area contributed by atoms with E-state index < -0.39 is 0 Å². The molecule has 0 saturated heterocycles. The molecule has 2 heterocycles. The van der Waals surface area contributed by atoms with Crippen LogP contribution < -0.4 is 11.3 Å². The Morgan fingerprint density at radius 3 is 2.96 bits per heavy atom. The number of benzene rings is 1. The van der Waals surface area contributed by atoms with Crippen LogP contribution in [0.1, 0.15) is 37.5 Å². The highest BCUT2D eigenvalue weighted by Gasteiger charge is 2.26. The molecule has 120 valence electrons. The topological polar surface area (TPSA) is 74.0 Å². The summed E-state index contributed by atoms with van der Waals surface area (Å²) in [5.74, 6) is 0.528. The van der Waals surface area contributed by atoms with Crippen LogP contribution in [-0.2, 0) is 0 Å². The van der Waals surface area contributed by atoms with Crippen molar-refractivity contribution in [2.75, 3.05) is 0 Å². The van der Waals surface area contributed by atoms with Crippen LogP contribution in [0.15, 0.2) is 27.5 Å². The van der Waals surface area contributed by atoms with Crippen LogP contribution in [0, 0.1) is 6.92 Å². The number of aromatic nitrogens is 2. The third-order valence-electron chi connectivity index (χ3n) is 4.84. The quantitative estimate of drug-likeness (QED) is 0.740. The number of rotatable bonds is 1. The SMILES string of the molecule is Cc1onc2c1c(=O)n([C@@H]1CCC[C@H](N)C1)c1cccc(Cl)c21. The number of fused-ring (bicyclic) bond motifs is 3. The first-order valence-electron chi connectivity index (χ1n) is 7.92. The first-order valence-corrected chi connectivity index (χ1v) is 8.30. The van der Waals surface area contributed by atoms with Gasteiger partial charge in [-0.3, -0.25) is 4.79 Å². The predicted octanol–water partition coefficient (Wildman–Crippen LogP) is 3.55. The van der Waals surface area contributed by atoms with Crippen molar-refractivity contribution in [1.29, 1.82) is 0 Å². The van der Waals surface area contributed by atoms with Crippen molar-refractivity contribution in [3.63, 3.8) is 0 Å². The third kappa shape index (κ3) is 2.18. The molecule has 2 atom stereocenters. The number of halogens is 1. The van der Waals surface area contributed by atoms with Crippen LogP contribution in [0.5, 0.6) is 0 Å². The molecule has 23 heavy (non-hydrogen) atoms. The summed E-state index contributed by atoms with van der Waals surface area (Å²) in [6.07, 6.45) is 3.79. The van der Waals surface area contributed by atoms with Crippen LogP contribution in [-0.4, -0.2) is 15.8 Å². The standard InChI is InChI=1S/C17H18ClN3O2/c1-9-14-16(20-23-9)15-12(18)6-3-7-13(15)21(17(14)22)11-5-2-4-10(19)8-11/h3,6-7,10-11H,2,4-5,8,19H2,1H3/t10-,11+/m0/s1. The van der Waals surface area contributed by atoms with E-state index in [1.54, 1.807) is 6.92 Å². The van der Waals surface area contributed by atoms with E-state index in [0.29, 0.717) is 21.7 Å². The molecule has 1 aromatic carbocycles. The Bertz CT molecular complexity index is 960. The van der Waals surface area contributed by atoms with Gasteiger partial charge >= 0.3 is 0 Å². The minimum Gasteiger partial charge on any atom is -0.360 e. The number of pyridine rings is 1. The van der Waals surface area contributed by atoms with Gasteiger partial charge < -0.3 is 14.8 Å². The minimum absolute atomic E-state index is 0.0624. The molecule has 4 rings (SSSR count). The van der Waals surface area contributed by atoms with Crippen molar-refractivity contribution in [3.05, 3.63) is 39.3 Å². The van der Waals surface area contributed by atoms with Gasteiger partial charge in [0.15, 0.2) is 0 Å². The molecular formula is C17H18ClN3O2. The molecule has 0 radical (unpaired) electrons. The fraction of sp³-hybridized carbons (Fsp3) is 0.412. The molecule has 1 saturated carbocycles. The maximum atomic E-state index is 13.1. The Morgan fingerprint density at radius 1 is 1.35 bits per heavy atom. The fourth-order valence-corrected chi connectivity index (χ4v) is 4.03. The van der Waals surface area contributed by atoms with Gasteiger partial charge in [0, 0.05) is 17.5 Å². The van der Waals surface area contributed by atoms with Gasteiger partial charge in [-0.15, -0.1) is 0 Å². The van der Waals surface area contributed by atoms with Crippen molar-refractivity contribution in [3.8, 4) is 0 Å². The van der Waals surface area contributed by atoms with Crippen molar-refractivity contribution in [1.82, 2.24) is 9.72 Å². The fourth-order valence-electron chi connectivity index (χ4n) is 3.77. The minimum atomic E-state index is -0.0624. The zero-order chi connectivity index (χ0) is 16.1. The van der Waals surface area contributed by atoms with Crippen molar-refractivity contribution in [2.24, 2.45) is 5.73 Å². The smallest absolute Gasteiger partial charge is 0.264 e. The normalized spacial score (nSPS) is 22.0. The molecule has 2 aromatic heterocycles. The number of nitrogens with two attached hydrogens (primary N) is 1. The van der Waals surface area contributed by atoms with E-state index in [9.17, 15) is 4.79 Å². The van der Waals surface area contributed by atoms with Gasteiger partial charge in [0.2, 0.25) is 0 Å². The first-order chi connectivity index (χ1) is 11.1. The van der Waals surface area contributed by atoms with Crippen molar-refractivity contribution in [2.45, 2.75) is 44.7 Å². The van der Waals surface area contributed by atoms with E-state index in [1.165, 1.54) is 0 Å². The predicted molar refractivity (Wildman–Crippen MR) is 91.0 cm³/mol. The zero-order valence-corrected chi connectivity index (χ0v) is 13.6. The summed E-state index contributed by atoms with van der Waals surface area (Å²) in [6, 6.07) is 5.82. The summed E-state index contributed by atoms with van der Waals surface area (Å²) in [5, 5.41) is 5.95. The van der Waals surface area contributed by atoms with E-state index in [2.05, 4.69) is 5.16 Å². The second-order valence-electron chi connectivity index (χ2n) is 6.35. The third-order valence-corrected chi connectivity index (χ3v) is 5.15. The Hall–Kier alpha value is -1.85. The molecular weight excluding hydrogens is 314 g/mol. The summed E-state index contributed by atoms with van der Waals surface area (Å²) in [5.41, 5.74) is 7.43. The molecule has 5 nitrogen and oxygen atoms in total. The molecule has 0 amide bonds. The average molecular weight is 332 g/mol. The summed E-state index contributed by atoms with van der Waals surface area (Å²) in [4.78, 5) is 13.1. The van der Waals surface area contributed by atoms with Gasteiger partial charge in [0.05, 0.1) is 10.5 Å². The van der Waals surface area contributed by atoms with Gasteiger partial charge in [-0.1, -0.05) is 22.8 Å². The number of hydrogen-bond donors (Lipinski definition) is 1. The van der Waals surface area contributed by atoms with Gasteiger partial charge in [-0.2, -0.15) is 0 Å². The summed E-state index contributed by atoms with van der Waals surface area (Å²) < 4.78 is 7.13. The van der Waals surface area contributed by atoms with E-state index >= 15 is 0 Å². The molecule has 6 heteroatoms. The number of hydrogen-bond acceptors (Lipinski definition) is 4. The molecule has 1 aliphatic rings. The van der Waals surface area contributed by atoms with Crippen LogP contribution in [0.3, 0.4) is 0 Å². The number of nitrogens with zero attached hydrogens (tertiary/aromatic N) is 2. The number of aryl methyl sites for hydroxylation is 1. The lowest BCUT2D eigenvalue weighted by Crippen LogP contribution is -2.34. The first kappa shape index (κ1) is 14.7. The maximum absolute atomic E-state index is 13.1. The van der Waals surface area contributed by atoms with E-state index in [-0.39, 0.29) is 17.6 Å². The largest absolute Gasteiger partial charge is 0.360 e. The second kappa shape index (κ2) is 5.35. The molecule has 3 aromatic rings. The zero-order valence-electron chi connectivity index (χ0n) is 12.9.